The van der Waals surface area contributed by atoms with E-state index in [0.29, 0.717) is 12.5 Å². The predicted molar refractivity (Wildman–Crippen MR) is 65.6 cm³/mol. The van der Waals surface area contributed by atoms with Crippen LogP contribution in [0.1, 0.15) is 12.5 Å². The fourth-order valence-corrected chi connectivity index (χ4v) is 1.92. The highest BCUT2D eigenvalue weighted by atomic mass is 16.5. The lowest BCUT2D eigenvalue weighted by molar-refractivity contribution is 0.134. The highest BCUT2D eigenvalue weighted by Gasteiger charge is 2.24. The third-order valence-electron chi connectivity index (χ3n) is 3.03. The first-order valence-corrected chi connectivity index (χ1v) is 5.93. The van der Waals surface area contributed by atoms with Gasteiger partial charge in [-0.25, -0.2) is 4.79 Å². The molecule has 2 N–H and O–H groups in total. The van der Waals surface area contributed by atoms with E-state index in [-0.39, 0.29) is 12.1 Å². The number of nitrogens with one attached hydrogen (secondary N) is 2. The quantitative estimate of drug-likeness (QED) is 0.833. The van der Waals surface area contributed by atoms with E-state index in [0.717, 1.165) is 18.7 Å². The summed E-state index contributed by atoms with van der Waals surface area (Å²) in [6.07, 6.45) is -0.339. The Balaban J connectivity index is 1.74. The SMILES string of the molecule is CC1CNCC1NC(=O)OCc1ccccc1. The third-order valence-corrected chi connectivity index (χ3v) is 3.03. The van der Waals surface area contributed by atoms with E-state index in [9.17, 15) is 4.79 Å². The topological polar surface area (TPSA) is 50.4 Å². The lowest BCUT2D eigenvalue weighted by atomic mass is 10.1. The standard InChI is InChI=1S/C13H18N2O2/c1-10-7-14-8-12(10)15-13(16)17-9-11-5-3-2-4-6-11/h2-6,10,12,14H,7-9H2,1H3,(H,15,16). The molecule has 0 aromatic heterocycles. The zero-order valence-corrected chi connectivity index (χ0v) is 9.98. The van der Waals surface area contributed by atoms with Gasteiger partial charge in [0.15, 0.2) is 0 Å². The van der Waals surface area contributed by atoms with Gasteiger partial charge in [-0.15, -0.1) is 0 Å². The van der Waals surface area contributed by atoms with Crippen LogP contribution in [0.5, 0.6) is 0 Å². The van der Waals surface area contributed by atoms with Crippen LogP contribution in [0.15, 0.2) is 30.3 Å². The highest BCUT2D eigenvalue weighted by molar-refractivity contribution is 5.67. The van der Waals surface area contributed by atoms with E-state index in [1.807, 2.05) is 30.3 Å². The van der Waals surface area contributed by atoms with Gasteiger partial charge in [-0.05, 0) is 18.0 Å². The van der Waals surface area contributed by atoms with E-state index < -0.39 is 0 Å². The zero-order chi connectivity index (χ0) is 12.1. The third kappa shape index (κ3) is 3.46. The molecule has 1 amide bonds. The fourth-order valence-electron chi connectivity index (χ4n) is 1.92. The van der Waals surface area contributed by atoms with Crippen LogP contribution in [-0.2, 0) is 11.3 Å². The maximum Gasteiger partial charge on any atom is 0.407 e. The van der Waals surface area contributed by atoms with Gasteiger partial charge in [0.2, 0.25) is 0 Å². The molecule has 1 heterocycles. The minimum absolute atomic E-state index is 0.179. The van der Waals surface area contributed by atoms with Crippen molar-refractivity contribution in [1.82, 2.24) is 10.6 Å². The zero-order valence-electron chi connectivity index (χ0n) is 9.98. The summed E-state index contributed by atoms with van der Waals surface area (Å²) in [6.45, 7) is 4.20. The molecular formula is C13H18N2O2. The van der Waals surface area contributed by atoms with Crippen molar-refractivity contribution in [2.45, 2.75) is 19.6 Å². The summed E-state index contributed by atoms with van der Waals surface area (Å²) < 4.78 is 5.16. The van der Waals surface area contributed by atoms with Crippen molar-refractivity contribution in [3.8, 4) is 0 Å². The largest absolute Gasteiger partial charge is 0.445 e. The Kier molecular flexibility index (Phi) is 3.98. The van der Waals surface area contributed by atoms with E-state index in [1.165, 1.54) is 0 Å². The van der Waals surface area contributed by atoms with E-state index in [4.69, 9.17) is 4.74 Å². The predicted octanol–water partition coefficient (Wildman–Crippen LogP) is 1.52. The Morgan fingerprint density at radius 2 is 2.18 bits per heavy atom. The van der Waals surface area contributed by atoms with Gasteiger partial charge >= 0.3 is 6.09 Å². The van der Waals surface area contributed by atoms with E-state index >= 15 is 0 Å². The number of carbonyl (C=O) groups excluding carboxylic acids is 1. The van der Waals surface area contributed by atoms with Gasteiger partial charge in [-0.2, -0.15) is 0 Å². The highest BCUT2D eigenvalue weighted by Crippen LogP contribution is 2.08. The van der Waals surface area contributed by atoms with Gasteiger partial charge in [0.1, 0.15) is 6.61 Å². The second-order valence-electron chi connectivity index (χ2n) is 4.45. The second-order valence-corrected chi connectivity index (χ2v) is 4.45. The molecule has 1 saturated heterocycles. The number of benzene rings is 1. The Morgan fingerprint density at radius 1 is 1.41 bits per heavy atom. The van der Waals surface area contributed by atoms with Crippen LogP contribution in [0.25, 0.3) is 0 Å². The summed E-state index contributed by atoms with van der Waals surface area (Å²) in [7, 11) is 0. The molecular weight excluding hydrogens is 216 g/mol. The molecule has 1 aromatic carbocycles. The maximum absolute atomic E-state index is 11.6. The minimum atomic E-state index is -0.339. The van der Waals surface area contributed by atoms with Crippen LogP contribution in [0.2, 0.25) is 0 Å². The van der Waals surface area contributed by atoms with Crippen molar-refractivity contribution in [2.75, 3.05) is 13.1 Å². The van der Waals surface area contributed by atoms with Gasteiger partial charge < -0.3 is 15.4 Å². The van der Waals surface area contributed by atoms with Crippen LogP contribution < -0.4 is 10.6 Å². The molecule has 0 bridgehead atoms. The van der Waals surface area contributed by atoms with Crippen LogP contribution in [-0.4, -0.2) is 25.2 Å². The molecule has 0 radical (unpaired) electrons. The lowest BCUT2D eigenvalue weighted by Crippen LogP contribution is -2.39. The van der Waals surface area contributed by atoms with Crippen molar-refractivity contribution in [1.29, 1.82) is 0 Å². The maximum atomic E-state index is 11.6. The van der Waals surface area contributed by atoms with Crippen molar-refractivity contribution >= 4 is 6.09 Å². The molecule has 1 aliphatic heterocycles. The monoisotopic (exact) mass is 234 g/mol. The minimum Gasteiger partial charge on any atom is -0.445 e. The number of carbonyl (C=O) groups is 1. The van der Waals surface area contributed by atoms with Crippen molar-refractivity contribution in [3.63, 3.8) is 0 Å². The first-order valence-electron chi connectivity index (χ1n) is 5.93. The van der Waals surface area contributed by atoms with E-state index in [2.05, 4.69) is 17.6 Å². The van der Waals surface area contributed by atoms with Crippen molar-refractivity contribution in [2.24, 2.45) is 5.92 Å². The number of rotatable bonds is 3. The van der Waals surface area contributed by atoms with Gasteiger partial charge in [-0.1, -0.05) is 37.3 Å². The van der Waals surface area contributed by atoms with E-state index in [1.54, 1.807) is 0 Å². The smallest absolute Gasteiger partial charge is 0.407 e. The molecule has 92 valence electrons. The molecule has 1 fully saturated rings. The molecule has 17 heavy (non-hydrogen) atoms. The first-order chi connectivity index (χ1) is 8.25. The van der Waals surface area contributed by atoms with Crippen molar-refractivity contribution < 1.29 is 9.53 Å². The van der Waals surface area contributed by atoms with Gasteiger partial charge in [-0.3, -0.25) is 0 Å². The van der Waals surface area contributed by atoms with Crippen LogP contribution in [0.3, 0.4) is 0 Å². The summed E-state index contributed by atoms with van der Waals surface area (Å²) in [5, 5.41) is 6.11. The van der Waals surface area contributed by atoms with Crippen LogP contribution in [0.4, 0.5) is 4.79 Å². The number of alkyl carbamates (subject to hydrolysis) is 1. The normalized spacial score (nSPS) is 23.4. The molecule has 1 aliphatic rings. The van der Waals surface area contributed by atoms with Crippen LogP contribution >= 0.6 is 0 Å². The summed E-state index contributed by atoms with van der Waals surface area (Å²) in [6, 6.07) is 9.85. The molecule has 0 aliphatic carbocycles. The summed E-state index contributed by atoms with van der Waals surface area (Å²) >= 11 is 0. The molecule has 2 unspecified atom stereocenters. The fraction of sp³-hybridized carbons (Fsp3) is 0.462. The molecule has 1 aromatic rings. The molecule has 0 saturated carbocycles. The van der Waals surface area contributed by atoms with Crippen LogP contribution in [0, 0.1) is 5.92 Å². The summed E-state index contributed by atoms with van der Waals surface area (Å²) in [5.74, 6) is 0.458. The molecule has 0 spiro atoms. The molecule has 2 atom stereocenters. The van der Waals surface area contributed by atoms with Crippen molar-refractivity contribution in [3.05, 3.63) is 35.9 Å². The Bertz CT molecular complexity index is 367. The molecule has 4 nitrogen and oxygen atoms in total. The molecule has 2 rings (SSSR count). The number of hydrogen-bond donors (Lipinski definition) is 2. The summed E-state index contributed by atoms with van der Waals surface area (Å²) in [4.78, 5) is 11.6. The average Bonchev–Trinajstić information content (AvgIpc) is 2.74. The van der Waals surface area contributed by atoms with Gasteiger partial charge in [0, 0.05) is 12.6 Å². The Morgan fingerprint density at radius 3 is 2.82 bits per heavy atom. The first kappa shape index (κ1) is 11.9. The number of hydrogen-bond acceptors (Lipinski definition) is 3. The van der Waals surface area contributed by atoms with Gasteiger partial charge in [0.25, 0.3) is 0 Å². The average molecular weight is 234 g/mol. The second kappa shape index (κ2) is 5.68. The lowest BCUT2D eigenvalue weighted by Gasteiger charge is -2.16. The Hall–Kier alpha value is -1.55. The van der Waals surface area contributed by atoms with Gasteiger partial charge in [0.05, 0.1) is 0 Å². The molecule has 4 heteroatoms. The number of ether oxygens (including phenoxy) is 1. The number of amides is 1. The Labute approximate surface area is 101 Å². The summed E-state index contributed by atoms with van der Waals surface area (Å²) in [5.41, 5.74) is 1.00.